The average Bonchev–Trinajstić information content (AvgIpc) is 3.00. The Labute approximate surface area is 184 Å². The van der Waals surface area contributed by atoms with Gasteiger partial charge in [0.1, 0.15) is 0 Å². The van der Waals surface area contributed by atoms with Crippen LogP contribution in [0.2, 0.25) is 0 Å². The highest BCUT2D eigenvalue weighted by Crippen LogP contribution is 2.58. The van der Waals surface area contributed by atoms with Crippen LogP contribution in [-0.4, -0.2) is 33.1 Å². The summed E-state index contributed by atoms with van der Waals surface area (Å²) in [7, 11) is 0. The van der Waals surface area contributed by atoms with Gasteiger partial charge >= 0.3 is 0 Å². The minimum atomic E-state index is -0.555. The molecule has 0 unspecified atom stereocenters. The number of aliphatic hydroxyl groups is 3. The molecule has 0 aromatic carbocycles. The highest BCUT2D eigenvalue weighted by atomic mass is 16.3. The quantitative estimate of drug-likeness (QED) is 0.498. The Bertz CT molecular complexity index is 695. The van der Waals surface area contributed by atoms with Crippen LogP contribution in [0.1, 0.15) is 92.4 Å². The van der Waals surface area contributed by atoms with E-state index in [-0.39, 0.29) is 0 Å². The van der Waals surface area contributed by atoms with Gasteiger partial charge in [-0.25, -0.2) is 0 Å². The third-order valence-corrected chi connectivity index (χ3v) is 8.44. The number of hydrogen-bond donors (Lipinski definition) is 3. The second kappa shape index (κ2) is 9.30. The second-order valence-electron chi connectivity index (χ2n) is 11.3. The zero-order valence-corrected chi connectivity index (χ0v) is 19.8. The lowest BCUT2D eigenvalue weighted by molar-refractivity contribution is 0.0613. The Morgan fingerprint density at radius 1 is 1.23 bits per heavy atom. The van der Waals surface area contributed by atoms with Crippen molar-refractivity contribution >= 4 is 0 Å². The Morgan fingerprint density at radius 2 is 1.97 bits per heavy atom. The first kappa shape index (κ1) is 23.8. The molecule has 0 aromatic heterocycles. The van der Waals surface area contributed by atoms with E-state index in [9.17, 15) is 15.3 Å². The number of hydrogen-bond acceptors (Lipinski definition) is 3. The highest BCUT2D eigenvalue weighted by molar-refractivity contribution is 5.37. The molecule has 3 rings (SSSR count). The van der Waals surface area contributed by atoms with Crippen molar-refractivity contribution < 1.29 is 15.3 Å². The first-order valence-corrected chi connectivity index (χ1v) is 12.2. The zero-order chi connectivity index (χ0) is 22.1. The van der Waals surface area contributed by atoms with Crippen LogP contribution in [-0.2, 0) is 0 Å². The molecule has 3 aliphatic rings. The van der Waals surface area contributed by atoms with Crippen molar-refractivity contribution in [3.8, 4) is 0 Å². The van der Waals surface area contributed by atoms with Crippen LogP contribution in [0.15, 0.2) is 34.9 Å². The molecule has 0 radical (unpaired) electrons. The van der Waals surface area contributed by atoms with Crippen LogP contribution >= 0.6 is 0 Å². The number of fused-ring (bicyclic) bond motifs is 1. The highest BCUT2D eigenvalue weighted by Gasteiger charge is 2.49. The monoisotopic (exact) mass is 416 g/mol. The number of aliphatic hydroxyl groups excluding tert-OH is 2. The van der Waals surface area contributed by atoms with Crippen molar-refractivity contribution in [1.82, 2.24) is 0 Å². The van der Waals surface area contributed by atoms with Crippen LogP contribution in [0.5, 0.6) is 0 Å². The van der Waals surface area contributed by atoms with Crippen molar-refractivity contribution in [1.29, 1.82) is 0 Å². The molecule has 3 heteroatoms. The summed E-state index contributed by atoms with van der Waals surface area (Å²) in [4.78, 5) is 0. The van der Waals surface area contributed by atoms with E-state index in [2.05, 4.69) is 32.1 Å². The van der Waals surface area contributed by atoms with E-state index < -0.39 is 17.8 Å². The fraction of sp³-hybridized carbons (Fsp3) is 0.778. The van der Waals surface area contributed by atoms with Gasteiger partial charge in [-0.05, 0) is 99.2 Å². The molecular weight excluding hydrogens is 372 g/mol. The van der Waals surface area contributed by atoms with Crippen LogP contribution in [0.4, 0.5) is 0 Å². The van der Waals surface area contributed by atoms with Crippen LogP contribution in [0.25, 0.3) is 0 Å². The third-order valence-electron chi connectivity index (χ3n) is 8.44. The standard InChI is InChI=1S/C27H44O3/c1-18(8-6-14-26(3,4)30)23-12-13-24-20(9-7-15-27(23,24)5)10-11-21-16-22(28)17-25(29)19(21)2/h9-11,18,22-25,28-30H,6-8,12-17H2,1-5H3/b11-10+/t18-,22-,23-,24+,25+,27-/m1/s1. The summed E-state index contributed by atoms with van der Waals surface area (Å²) >= 11 is 0. The second-order valence-corrected chi connectivity index (χ2v) is 11.3. The lowest BCUT2D eigenvalue weighted by Gasteiger charge is -2.43. The molecule has 6 atom stereocenters. The van der Waals surface area contributed by atoms with E-state index in [1.54, 1.807) is 0 Å². The van der Waals surface area contributed by atoms with E-state index in [0.717, 1.165) is 36.3 Å². The van der Waals surface area contributed by atoms with Crippen molar-refractivity contribution in [2.75, 3.05) is 0 Å². The SMILES string of the molecule is CC1=C(/C=C/C2=CCC[C@]3(C)[C@@H]([C@H](C)CCCC(C)(C)O)CC[C@@H]23)C[C@@H](O)C[C@@H]1O. The Balaban J connectivity index is 1.68. The molecule has 30 heavy (non-hydrogen) atoms. The van der Waals surface area contributed by atoms with Gasteiger partial charge in [0.2, 0.25) is 0 Å². The summed E-state index contributed by atoms with van der Waals surface area (Å²) in [5.41, 5.74) is 3.38. The molecule has 0 spiro atoms. The molecule has 0 aliphatic heterocycles. The smallest absolute Gasteiger partial charge is 0.0777 e. The van der Waals surface area contributed by atoms with E-state index in [1.807, 2.05) is 20.8 Å². The van der Waals surface area contributed by atoms with Gasteiger partial charge in [0.15, 0.2) is 0 Å². The summed E-state index contributed by atoms with van der Waals surface area (Å²) in [6.07, 6.45) is 15.2. The minimum Gasteiger partial charge on any atom is -0.393 e. The Morgan fingerprint density at radius 3 is 2.67 bits per heavy atom. The summed E-state index contributed by atoms with van der Waals surface area (Å²) < 4.78 is 0. The molecule has 1 saturated carbocycles. The van der Waals surface area contributed by atoms with Gasteiger partial charge in [0.05, 0.1) is 17.8 Å². The van der Waals surface area contributed by atoms with Gasteiger partial charge in [-0.2, -0.15) is 0 Å². The van der Waals surface area contributed by atoms with Crippen LogP contribution < -0.4 is 0 Å². The maximum absolute atomic E-state index is 10.2. The molecule has 3 N–H and O–H groups in total. The number of allylic oxidation sites excluding steroid dienone is 4. The predicted octanol–water partition coefficient (Wildman–Crippen LogP) is 5.70. The van der Waals surface area contributed by atoms with Gasteiger partial charge in [0.25, 0.3) is 0 Å². The maximum atomic E-state index is 10.2. The third kappa shape index (κ3) is 5.29. The van der Waals surface area contributed by atoms with Crippen molar-refractivity contribution in [2.45, 2.75) is 110 Å². The minimum absolute atomic E-state index is 0.359. The summed E-state index contributed by atoms with van der Waals surface area (Å²) in [6, 6.07) is 0. The molecule has 3 nitrogen and oxygen atoms in total. The maximum Gasteiger partial charge on any atom is 0.0777 e. The van der Waals surface area contributed by atoms with E-state index in [1.165, 1.54) is 31.3 Å². The molecule has 0 heterocycles. The average molecular weight is 417 g/mol. The predicted molar refractivity (Wildman–Crippen MR) is 124 cm³/mol. The molecule has 3 aliphatic carbocycles. The lowest BCUT2D eigenvalue weighted by atomic mass is 9.62. The first-order valence-electron chi connectivity index (χ1n) is 12.2. The van der Waals surface area contributed by atoms with Gasteiger partial charge in [-0.15, -0.1) is 0 Å². The van der Waals surface area contributed by atoms with Crippen molar-refractivity contribution in [2.24, 2.45) is 23.2 Å². The van der Waals surface area contributed by atoms with Crippen molar-refractivity contribution in [3.63, 3.8) is 0 Å². The van der Waals surface area contributed by atoms with E-state index >= 15 is 0 Å². The van der Waals surface area contributed by atoms with Gasteiger partial charge in [-0.1, -0.05) is 44.9 Å². The largest absolute Gasteiger partial charge is 0.393 e. The molecule has 0 saturated heterocycles. The fourth-order valence-electron chi connectivity index (χ4n) is 6.58. The lowest BCUT2D eigenvalue weighted by Crippen LogP contribution is -2.35. The first-order chi connectivity index (χ1) is 14.0. The van der Waals surface area contributed by atoms with Gasteiger partial charge < -0.3 is 15.3 Å². The topological polar surface area (TPSA) is 60.7 Å². The van der Waals surface area contributed by atoms with Gasteiger partial charge in [-0.3, -0.25) is 0 Å². The molecule has 170 valence electrons. The fourth-order valence-corrected chi connectivity index (χ4v) is 6.58. The molecule has 0 aromatic rings. The zero-order valence-electron chi connectivity index (χ0n) is 19.8. The van der Waals surface area contributed by atoms with Crippen LogP contribution in [0, 0.1) is 23.2 Å². The Kier molecular flexibility index (Phi) is 7.37. The molecule has 0 amide bonds. The Hall–Kier alpha value is -0.900. The molecule has 0 bridgehead atoms. The van der Waals surface area contributed by atoms with E-state index in [0.29, 0.717) is 30.1 Å². The summed E-state index contributed by atoms with van der Waals surface area (Å²) in [5.74, 6) is 2.06. The number of rotatable bonds is 7. The van der Waals surface area contributed by atoms with Gasteiger partial charge in [0, 0.05) is 6.42 Å². The molecule has 1 fully saturated rings. The van der Waals surface area contributed by atoms with Crippen molar-refractivity contribution in [3.05, 3.63) is 34.9 Å². The normalized spacial score (nSPS) is 36.2. The van der Waals surface area contributed by atoms with E-state index in [4.69, 9.17) is 0 Å². The molecular formula is C27H44O3. The summed E-state index contributed by atoms with van der Waals surface area (Å²) in [6.45, 7) is 10.8. The summed E-state index contributed by atoms with van der Waals surface area (Å²) in [5, 5.41) is 30.3. The van der Waals surface area contributed by atoms with Crippen LogP contribution in [0.3, 0.4) is 0 Å².